The number of Topliss-reactive ketones (excluding diaryl/α,β-unsaturated/α-hetero) is 1. The highest BCUT2D eigenvalue weighted by atomic mass is 32.1. The number of rotatable bonds is 8. The summed E-state index contributed by atoms with van der Waals surface area (Å²) in [5, 5.41) is 5.65. The van der Waals surface area contributed by atoms with Crippen molar-refractivity contribution in [2.45, 2.75) is 13.8 Å². The Morgan fingerprint density at radius 3 is 2.59 bits per heavy atom. The molecule has 142 valence electrons. The maximum atomic E-state index is 12.5. The lowest BCUT2D eigenvalue weighted by Gasteiger charge is -2.13. The third-order valence-corrected chi connectivity index (χ3v) is 3.78. The molecule has 0 aliphatic heterocycles. The van der Waals surface area contributed by atoms with Gasteiger partial charge in [0.25, 0.3) is 5.91 Å². The molecule has 0 aromatic heterocycles. The summed E-state index contributed by atoms with van der Waals surface area (Å²) >= 11 is 5.20. The molecule has 7 heteroatoms. The second kappa shape index (κ2) is 10.4. The Balaban J connectivity index is 1.99. The average molecular weight is 386 g/mol. The number of ketones is 1. The lowest BCUT2D eigenvalue weighted by Crippen LogP contribution is -2.34. The molecule has 0 saturated heterocycles. The minimum atomic E-state index is -0.387. The number of hydrogen-bond acceptors (Lipinski definition) is 5. The molecule has 2 aromatic carbocycles. The normalized spacial score (nSPS) is 10.1. The second-order valence-electron chi connectivity index (χ2n) is 5.59. The van der Waals surface area contributed by atoms with Gasteiger partial charge in [-0.1, -0.05) is 24.3 Å². The largest absolute Gasteiger partial charge is 0.490 e. The van der Waals surface area contributed by atoms with Crippen LogP contribution in [0, 0.1) is 0 Å². The van der Waals surface area contributed by atoms with E-state index in [1.54, 1.807) is 48.5 Å². The van der Waals surface area contributed by atoms with Gasteiger partial charge in [-0.2, -0.15) is 0 Å². The number of benzene rings is 2. The van der Waals surface area contributed by atoms with Crippen LogP contribution in [0.4, 0.5) is 5.69 Å². The van der Waals surface area contributed by atoms with Crippen LogP contribution in [0.2, 0.25) is 0 Å². The first-order chi connectivity index (χ1) is 13.0. The molecule has 0 spiro atoms. The molecule has 0 bridgehead atoms. The molecule has 0 heterocycles. The Morgan fingerprint density at radius 2 is 1.85 bits per heavy atom. The molecule has 27 heavy (non-hydrogen) atoms. The molecular weight excluding hydrogens is 364 g/mol. The highest BCUT2D eigenvalue weighted by molar-refractivity contribution is 7.80. The smallest absolute Gasteiger partial charge is 0.261 e. The van der Waals surface area contributed by atoms with Gasteiger partial charge in [-0.15, -0.1) is 0 Å². The number of thiocarbonyl (C=S) groups is 1. The van der Waals surface area contributed by atoms with Crippen molar-refractivity contribution in [1.29, 1.82) is 0 Å². The number of amides is 1. The Hall–Kier alpha value is -2.77. The molecule has 2 aromatic rings. The first-order valence-electron chi connectivity index (χ1n) is 8.54. The van der Waals surface area contributed by atoms with E-state index in [-0.39, 0.29) is 16.8 Å². The fourth-order valence-corrected chi connectivity index (χ4v) is 2.49. The number of carbonyl (C=O) groups excluding carboxylic acids is 2. The van der Waals surface area contributed by atoms with Crippen LogP contribution >= 0.6 is 12.2 Å². The zero-order valence-corrected chi connectivity index (χ0v) is 16.1. The molecular formula is C20H22N2O4S. The quantitative estimate of drug-likeness (QED) is 0.411. The molecule has 6 nitrogen and oxygen atoms in total. The van der Waals surface area contributed by atoms with Crippen LogP contribution in [0.1, 0.15) is 34.6 Å². The van der Waals surface area contributed by atoms with Crippen molar-refractivity contribution in [2.24, 2.45) is 0 Å². The first-order valence-corrected chi connectivity index (χ1v) is 8.95. The Bertz CT molecular complexity index is 823. The number of anilines is 1. The number of ether oxygens (including phenoxy) is 2. The van der Waals surface area contributed by atoms with Gasteiger partial charge in [0, 0.05) is 17.9 Å². The monoisotopic (exact) mass is 386 g/mol. The predicted molar refractivity (Wildman–Crippen MR) is 109 cm³/mol. The summed E-state index contributed by atoms with van der Waals surface area (Å²) in [7, 11) is 0. The molecule has 0 fully saturated rings. The molecule has 2 rings (SSSR count). The number of hydrogen-bond donors (Lipinski definition) is 2. The van der Waals surface area contributed by atoms with Gasteiger partial charge in [-0.05, 0) is 50.3 Å². The summed E-state index contributed by atoms with van der Waals surface area (Å²) in [6.07, 6.45) is 0. The maximum absolute atomic E-state index is 12.5. The fraction of sp³-hybridized carbons (Fsp3) is 0.250. The summed E-state index contributed by atoms with van der Waals surface area (Å²) in [5.41, 5.74) is 1.55. The van der Waals surface area contributed by atoms with E-state index in [4.69, 9.17) is 21.7 Å². The van der Waals surface area contributed by atoms with Gasteiger partial charge >= 0.3 is 0 Å². The predicted octanol–water partition coefficient (Wildman–Crippen LogP) is 3.43. The second-order valence-corrected chi connectivity index (χ2v) is 6.00. The van der Waals surface area contributed by atoms with E-state index in [0.29, 0.717) is 42.4 Å². The highest BCUT2D eigenvalue weighted by Gasteiger charge is 2.14. The molecule has 0 saturated carbocycles. The van der Waals surface area contributed by atoms with E-state index in [1.807, 2.05) is 6.92 Å². The van der Waals surface area contributed by atoms with Crippen molar-refractivity contribution in [3.05, 3.63) is 59.7 Å². The molecule has 1 amide bonds. The van der Waals surface area contributed by atoms with Crippen LogP contribution < -0.4 is 15.4 Å². The summed E-state index contributed by atoms with van der Waals surface area (Å²) in [6, 6.07) is 13.8. The topological polar surface area (TPSA) is 76.7 Å². The minimum absolute atomic E-state index is 0.0493. The number of para-hydroxylation sites is 1. The van der Waals surface area contributed by atoms with Crippen LogP contribution in [-0.4, -0.2) is 36.6 Å². The Kier molecular flexibility index (Phi) is 7.91. The summed E-state index contributed by atoms with van der Waals surface area (Å²) in [4.78, 5) is 24.0. The van der Waals surface area contributed by atoms with Gasteiger partial charge in [0.15, 0.2) is 10.9 Å². The highest BCUT2D eigenvalue weighted by Crippen LogP contribution is 2.18. The van der Waals surface area contributed by atoms with E-state index in [9.17, 15) is 9.59 Å². The zero-order chi connectivity index (χ0) is 19.6. The van der Waals surface area contributed by atoms with E-state index >= 15 is 0 Å². The van der Waals surface area contributed by atoms with Crippen molar-refractivity contribution in [3.63, 3.8) is 0 Å². The maximum Gasteiger partial charge on any atom is 0.261 e. The molecule has 0 aliphatic carbocycles. The van der Waals surface area contributed by atoms with Gasteiger partial charge in [-0.25, -0.2) is 0 Å². The van der Waals surface area contributed by atoms with Crippen molar-refractivity contribution in [3.8, 4) is 5.75 Å². The van der Waals surface area contributed by atoms with Crippen molar-refractivity contribution >= 4 is 34.7 Å². The zero-order valence-electron chi connectivity index (χ0n) is 15.3. The van der Waals surface area contributed by atoms with E-state index < -0.39 is 0 Å². The molecule has 0 unspecified atom stereocenters. The third-order valence-electron chi connectivity index (χ3n) is 3.58. The average Bonchev–Trinajstić information content (AvgIpc) is 2.65. The molecule has 0 radical (unpaired) electrons. The van der Waals surface area contributed by atoms with Gasteiger partial charge < -0.3 is 14.8 Å². The van der Waals surface area contributed by atoms with E-state index in [2.05, 4.69) is 10.6 Å². The van der Waals surface area contributed by atoms with Crippen LogP contribution in [0.15, 0.2) is 48.5 Å². The Labute approximate surface area is 163 Å². The SMILES string of the molecule is CCOCCOc1ccccc1C(=O)NC(=S)Nc1cccc(C(C)=O)c1. The van der Waals surface area contributed by atoms with Gasteiger partial charge in [0.05, 0.1) is 12.2 Å². The fourth-order valence-electron chi connectivity index (χ4n) is 2.28. The van der Waals surface area contributed by atoms with E-state index in [0.717, 1.165) is 0 Å². The summed E-state index contributed by atoms with van der Waals surface area (Å²) in [6.45, 7) is 4.79. The third kappa shape index (κ3) is 6.47. The van der Waals surface area contributed by atoms with Crippen LogP contribution in [0.25, 0.3) is 0 Å². The summed E-state index contributed by atoms with van der Waals surface area (Å²) in [5.74, 6) is 0.0186. The molecule has 2 N–H and O–H groups in total. The van der Waals surface area contributed by atoms with E-state index in [1.165, 1.54) is 6.92 Å². The van der Waals surface area contributed by atoms with Crippen LogP contribution in [-0.2, 0) is 4.74 Å². The minimum Gasteiger partial charge on any atom is -0.490 e. The lowest BCUT2D eigenvalue weighted by atomic mass is 10.1. The van der Waals surface area contributed by atoms with Crippen molar-refractivity contribution < 1.29 is 19.1 Å². The van der Waals surface area contributed by atoms with Crippen LogP contribution in [0.3, 0.4) is 0 Å². The van der Waals surface area contributed by atoms with Gasteiger partial charge in [0.1, 0.15) is 12.4 Å². The first kappa shape index (κ1) is 20.5. The molecule has 0 aliphatic rings. The standard InChI is InChI=1S/C20H22N2O4S/c1-3-25-11-12-26-18-10-5-4-9-17(18)19(24)22-20(27)21-16-8-6-7-15(13-16)14(2)23/h4-10,13H,3,11-12H2,1-2H3,(H2,21,22,24,27). The van der Waals surface area contributed by atoms with Crippen molar-refractivity contribution in [1.82, 2.24) is 5.32 Å². The Morgan fingerprint density at radius 1 is 1.07 bits per heavy atom. The van der Waals surface area contributed by atoms with Crippen LogP contribution in [0.5, 0.6) is 5.75 Å². The van der Waals surface area contributed by atoms with Crippen molar-refractivity contribution in [2.75, 3.05) is 25.1 Å². The van der Waals surface area contributed by atoms with Gasteiger partial charge in [0.2, 0.25) is 0 Å². The lowest BCUT2D eigenvalue weighted by molar-refractivity contribution is 0.0957. The molecule has 0 atom stereocenters. The number of carbonyl (C=O) groups is 2. The number of nitrogens with one attached hydrogen (secondary N) is 2. The summed E-state index contributed by atoms with van der Waals surface area (Å²) < 4.78 is 10.8. The van der Waals surface area contributed by atoms with Gasteiger partial charge in [-0.3, -0.25) is 14.9 Å².